The number of carbonyl (C=O) groups is 2. The molecular weight excluding hydrogens is 703 g/mol. The van der Waals surface area contributed by atoms with Crippen molar-refractivity contribution in [2.75, 3.05) is 6.61 Å². The number of ether oxygens (including phenoxy) is 4. The molecule has 1 fully saturated rings. The van der Waals surface area contributed by atoms with Crippen molar-refractivity contribution in [3.63, 3.8) is 0 Å². The summed E-state index contributed by atoms with van der Waals surface area (Å²) in [6.07, 6.45) is 32.5. The Hall–Kier alpha value is -2.42. The Kier molecular flexibility index (Phi) is 30.7. The van der Waals surface area contributed by atoms with E-state index in [9.17, 15) is 14.7 Å². The Bertz CT molecular complexity index is 1100. The number of aliphatic hydroxyl groups excluding tert-OH is 1. The third-order valence-electron chi connectivity index (χ3n) is 11.0. The normalized spacial score (nSPS) is 19.7. The molecule has 8 heteroatoms. The minimum atomic E-state index is -1.16. The number of allylic oxidation sites excluding steroid dienone is 1. The van der Waals surface area contributed by atoms with Gasteiger partial charge in [0.25, 0.3) is 0 Å². The molecule has 0 saturated carbocycles. The van der Waals surface area contributed by atoms with Crippen LogP contribution < -0.4 is 5.32 Å². The Balaban J connectivity index is 1.79. The third kappa shape index (κ3) is 24.4. The van der Waals surface area contributed by atoms with Gasteiger partial charge in [-0.25, -0.2) is 0 Å². The zero-order chi connectivity index (χ0) is 40.3. The smallest absolute Gasteiger partial charge is 0.305 e. The second-order valence-electron chi connectivity index (χ2n) is 16.2. The van der Waals surface area contributed by atoms with Crippen LogP contribution in [-0.2, 0) is 35.1 Å². The van der Waals surface area contributed by atoms with Crippen LogP contribution >= 0.6 is 0 Å². The van der Waals surface area contributed by atoms with Crippen molar-refractivity contribution in [2.45, 2.75) is 238 Å². The van der Waals surface area contributed by atoms with E-state index in [0.717, 1.165) is 44.1 Å². The van der Waals surface area contributed by atoms with Gasteiger partial charge in [-0.15, -0.1) is 0 Å². The van der Waals surface area contributed by atoms with Crippen LogP contribution in [0.3, 0.4) is 0 Å². The quantitative estimate of drug-likeness (QED) is 0.0397. The lowest BCUT2D eigenvalue weighted by Gasteiger charge is -2.44. The maximum atomic E-state index is 13.3. The Morgan fingerprint density at radius 2 is 1.14 bits per heavy atom. The molecule has 8 nitrogen and oxygen atoms in total. The SMILES string of the molecule is CC=CO[C@@H]1O[C@H](COC(=O)CCCCCCCCCCCCCCC)[C@@H](O)[C@H](OCc2ccccc2)[C@H]1NC(=O)CCCCCCCCCCCCCCC. The molecule has 322 valence electrons. The maximum absolute atomic E-state index is 13.3. The molecule has 1 amide bonds. The Morgan fingerprint density at radius 1 is 0.679 bits per heavy atom. The van der Waals surface area contributed by atoms with Crippen LogP contribution in [0.5, 0.6) is 0 Å². The minimum Gasteiger partial charge on any atom is -0.471 e. The van der Waals surface area contributed by atoms with Crippen molar-refractivity contribution in [1.29, 1.82) is 0 Å². The number of nitrogens with one attached hydrogen (secondary N) is 1. The summed E-state index contributed by atoms with van der Waals surface area (Å²) in [6, 6.07) is 8.96. The number of amides is 1. The van der Waals surface area contributed by atoms with E-state index in [1.807, 2.05) is 37.3 Å². The van der Waals surface area contributed by atoms with Crippen LogP contribution in [0.4, 0.5) is 0 Å². The van der Waals surface area contributed by atoms with Gasteiger partial charge >= 0.3 is 5.97 Å². The summed E-state index contributed by atoms with van der Waals surface area (Å²) >= 11 is 0. The van der Waals surface area contributed by atoms with Crippen molar-refractivity contribution >= 4 is 11.9 Å². The minimum absolute atomic E-state index is 0.126. The van der Waals surface area contributed by atoms with E-state index in [4.69, 9.17) is 18.9 Å². The average Bonchev–Trinajstić information content (AvgIpc) is 3.20. The van der Waals surface area contributed by atoms with E-state index in [1.165, 1.54) is 135 Å². The first-order valence-corrected chi connectivity index (χ1v) is 23.2. The molecule has 0 aromatic heterocycles. The van der Waals surface area contributed by atoms with E-state index in [1.54, 1.807) is 6.08 Å². The molecule has 56 heavy (non-hydrogen) atoms. The molecule has 2 rings (SSSR count). The number of aliphatic hydroxyl groups is 1. The van der Waals surface area contributed by atoms with Gasteiger partial charge < -0.3 is 29.4 Å². The summed E-state index contributed by atoms with van der Waals surface area (Å²) in [5, 5.41) is 14.7. The molecule has 0 spiro atoms. The van der Waals surface area contributed by atoms with Crippen molar-refractivity contribution in [3.05, 3.63) is 48.2 Å². The second kappa shape index (κ2) is 34.6. The molecule has 1 aliphatic rings. The van der Waals surface area contributed by atoms with Gasteiger partial charge in [0, 0.05) is 12.8 Å². The molecule has 1 heterocycles. The van der Waals surface area contributed by atoms with Crippen LogP contribution in [0, 0.1) is 0 Å². The van der Waals surface area contributed by atoms with Gasteiger partial charge in [-0.1, -0.05) is 204 Å². The fourth-order valence-corrected chi connectivity index (χ4v) is 7.54. The van der Waals surface area contributed by atoms with E-state index >= 15 is 0 Å². The van der Waals surface area contributed by atoms with Gasteiger partial charge in [0.05, 0.1) is 12.9 Å². The number of hydrogen-bond donors (Lipinski definition) is 2. The van der Waals surface area contributed by atoms with Crippen LogP contribution in [0.25, 0.3) is 0 Å². The molecule has 2 N–H and O–H groups in total. The molecule has 0 unspecified atom stereocenters. The fraction of sp³-hybridized carbons (Fsp3) is 0.792. The van der Waals surface area contributed by atoms with Gasteiger partial charge in [-0.05, 0) is 25.3 Å². The van der Waals surface area contributed by atoms with Gasteiger partial charge in [0.15, 0.2) is 0 Å². The molecule has 1 saturated heterocycles. The Morgan fingerprint density at radius 3 is 1.62 bits per heavy atom. The number of carbonyl (C=O) groups excluding carboxylic acids is 2. The molecule has 0 aliphatic carbocycles. The largest absolute Gasteiger partial charge is 0.471 e. The Labute approximate surface area is 342 Å². The van der Waals surface area contributed by atoms with Crippen LogP contribution in [0.1, 0.15) is 206 Å². The molecule has 0 bridgehead atoms. The van der Waals surface area contributed by atoms with Gasteiger partial charge in [0.1, 0.15) is 31.0 Å². The summed E-state index contributed by atoms with van der Waals surface area (Å²) in [5.41, 5.74) is 0.940. The number of esters is 1. The first-order chi connectivity index (χ1) is 27.5. The monoisotopic (exact) mass is 786 g/mol. The van der Waals surface area contributed by atoms with E-state index < -0.39 is 30.6 Å². The highest BCUT2D eigenvalue weighted by Gasteiger charge is 2.48. The predicted molar refractivity (Wildman–Crippen MR) is 229 cm³/mol. The number of hydrogen-bond acceptors (Lipinski definition) is 7. The zero-order valence-electron chi connectivity index (χ0n) is 36.0. The number of benzene rings is 1. The number of rotatable bonds is 36. The standard InChI is InChI=1S/C48H83NO7/c1-4-7-9-11-13-15-17-19-21-23-25-27-32-36-43(50)49-45-47(55-39-41-34-30-29-31-35-41)46(52)42(56-48(45)53-38-6-3)40-54-44(51)37-33-28-26-24-22-20-18-16-14-12-10-8-5-2/h6,29-31,34-35,38,42,45-48,52H,4-5,7-28,32-33,36-37,39-40H2,1-3H3,(H,49,50)/t42-,45-,46-,47-,48-/m1/s1. The van der Waals surface area contributed by atoms with E-state index in [0.29, 0.717) is 12.8 Å². The van der Waals surface area contributed by atoms with E-state index in [2.05, 4.69) is 19.2 Å². The van der Waals surface area contributed by atoms with Gasteiger partial charge in [-0.3, -0.25) is 9.59 Å². The van der Waals surface area contributed by atoms with Crippen LogP contribution in [-0.4, -0.2) is 54.2 Å². The summed E-state index contributed by atoms with van der Waals surface area (Å²) in [4.78, 5) is 26.0. The topological polar surface area (TPSA) is 103 Å². The van der Waals surface area contributed by atoms with Crippen molar-refractivity contribution in [1.82, 2.24) is 5.32 Å². The fourth-order valence-electron chi connectivity index (χ4n) is 7.54. The maximum Gasteiger partial charge on any atom is 0.305 e. The third-order valence-corrected chi connectivity index (χ3v) is 11.0. The van der Waals surface area contributed by atoms with Crippen LogP contribution in [0.2, 0.25) is 0 Å². The highest BCUT2D eigenvalue weighted by Crippen LogP contribution is 2.27. The second-order valence-corrected chi connectivity index (χ2v) is 16.2. The first kappa shape index (κ1) is 49.7. The summed E-state index contributed by atoms with van der Waals surface area (Å²) < 4.78 is 24.1. The van der Waals surface area contributed by atoms with Crippen molar-refractivity contribution in [3.8, 4) is 0 Å². The summed E-state index contributed by atoms with van der Waals surface area (Å²) in [7, 11) is 0. The van der Waals surface area contributed by atoms with Crippen molar-refractivity contribution < 1.29 is 33.6 Å². The first-order valence-electron chi connectivity index (χ1n) is 23.2. The highest BCUT2D eigenvalue weighted by atomic mass is 16.7. The molecular formula is C48H83NO7. The van der Waals surface area contributed by atoms with Gasteiger partial charge in [0.2, 0.25) is 12.2 Å². The summed E-state index contributed by atoms with van der Waals surface area (Å²) in [6.45, 7) is 6.46. The lowest BCUT2D eigenvalue weighted by atomic mass is 9.96. The number of unbranched alkanes of at least 4 members (excludes halogenated alkanes) is 24. The predicted octanol–water partition coefficient (Wildman–Crippen LogP) is 12.2. The van der Waals surface area contributed by atoms with E-state index in [-0.39, 0.29) is 25.1 Å². The zero-order valence-corrected chi connectivity index (χ0v) is 36.0. The summed E-state index contributed by atoms with van der Waals surface area (Å²) in [5.74, 6) is -0.427. The van der Waals surface area contributed by atoms with Crippen LogP contribution in [0.15, 0.2) is 42.7 Å². The molecule has 0 radical (unpaired) electrons. The lowest BCUT2D eigenvalue weighted by molar-refractivity contribution is -0.266. The molecule has 5 atom stereocenters. The van der Waals surface area contributed by atoms with Crippen molar-refractivity contribution in [2.24, 2.45) is 0 Å². The highest BCUT2D eigenvalue weighted by molar-refractivity contribution is 5.76. The molecule has 1 aromatic rings. The van der Waals surface area contributed by atoms with Gasteiger partial charge in [-0.2, -0.15) is 0 Å². The molecule has 1 aliphatic heterocycles. The average molecular weight is 786 g/mol. The molecule has 1 aromatic carbocycles. The lowest BCUT2D eigenvalue weighted by Crippen LogP contribution is -2.65.